The van der Waals surface area contributed by atoms with Gasteiger partial charge in [0.05, 0.1) is 5.70 Å². The smallest absolute Gasteiger partial charge is 0.181 e. The zero-order valence-corrected chi connectivity index (χ0v) is 11.3. The third kappa shape index (κ3) is 2.89. The number of Topliss-reactive ketones (excluding diaryl/α,β-unsaturated/α-hetero) is 1. The van der Waals surface area contributed by atoms with Crippen molar-refractivity contribution in [2.75, 3.05) is 6.54 Å². The van der Waals surface area contributed by atoms with E-state index in [2.05, 4.69) is 5.32 Å². The van der Waals surface area contributed by atoms with Crippen molar-refractivity contribution in [1.82, 2.24) is 5.32 Å². The minimum Gasteiger partial charge on any atom is -0.382 e. The average Bonchev–Trinajstić information content (AvgIpc) is 2.76. The fourth-order valence-corrected chi connectivity index (χ4v) is 3.28. The normalized spacial score (nSPS) is 29.5. The van der Waals surface area contributed by atoms with Gasteiger partial charge in [-0.1, -0.05) is 43.2 Å². The number of nitrogens with one attached hydrogen (secondary N) is 1. The Morgan fingerprint density at radius 3 is 2.74 bits per heavy atom. The molecule has 2 nitrogen and oxygen atoms in total. The number of allylic oxidation sites excluding steroid dienone is 1. The van der Waals surface area contributed by atoms with Gasteiger partial charge in [-0.3, -0.25) is 4.79 Å². The van der Waals surface area contributed by atoms with E-state index in [0.29, 0.717) is 11.7 Å². The zero-order chi connectivity index (χ0) is 13.1. The highest BCUT2D eigenvalue weighted by Gasteiger charge is 2.30. The summed E-state index contributed by atoms with van der Waals surface area (Å²) in [6.45, 7) is 0.959. The van der Waals surface area contributed by atoms with Crippen molar-refractivity contribution in [3.63, 3.8) is 0 Å². The Kier molecular flexibility index (Phi) is 3.67. The molecular formula is C17H21NO. The molecule has 0 amide bonds. The van der Waals surface area contributed by atoms with E-state index in [9.17, 15) is 4.79 Å². The first-order valence-electron chi connectivity index (χ1n) is 7.38. The van der Waals surface area contributed by atoms with Crippen molar-refractivity contribution in [3.05, 3.63) is 41.6 Å². The molecule has 2 fully saturated rings. The second-order valence-electron chi connectivity index (χ2n) is 5.80. The van der Waals surface area contributed by atoms with Gasteiger partial charge in [-0.05, 0) is 36.8 Å². The molecule has 0 aromatic heterocycles. The molecule has 1 saturated carbocycles. The van der Waals surface area contributed by atoms with E-state index < -0.39 is 0 Å². The van der Waals surface area contributed by atoms with E-state index in [1.54, 1.807) is 0 Å². The molecule has 1 aromatic carbocycles. The fraction of sp³-hybridized carbons (Fsp3) is 0.471. The molecule has 1 aromatic rings. The van der Waals surface area contributed by atoms with Crippen LogP contribution in [0.15, 0.2) is 36.0 Å². The maximum Gasteiger partial charge on any atom is 0.181 e. The number of fused-ring (bicyclic) bond motifs is 2. The van der Waals surface area contributed by atoms with Gasteiger partial charge < -0.3 is 5.32 Å². The molecule has 2 bridgehead atoms. The van der Waals surface area contributed by atoms with E-state index in [1.165, 1.54) is 19.3 Å². The van der Waals surface area contributed by atoms with E-state index in [4.69, 9.17) is 0 Å². The van der Waals surface area contributed by atoms with Gasteiger partial charge >= 0.3 is 0 Å². The molecule has 2 atom stereocenters. The van der Waals surface area contributed by atoms with Crippen molar-refractivity contribution < 1.29 is 4.79 Å². The molecule has 100 valence electrons. The molecule has 1 saturated heterocycles. The highest BCUT2D eigenvalue weighted by molar-refractivity contribution is 6.00. The van der Waals surface area contributed by atoms with Gasteiger partial charge in [-0.2, -0.15) is 0 Å². The monoisotopic (exact) mass is 255 g/mol. The first-order valence-corrected chi connectivity index (χ1v) is 7.38. The SMILES string of the molecule is O=C1C(=Cc2ccccc2)NCC2CCCCC1C2. The van der Waals surface area contributed by atoms with Crippen LogP contribution in [0.3, 0.4) is 0 Å². The Balaban J connectivity index is 1.86. The number of carbonyl (C=O) groups is 1. The van der Waals surface area contributed by atoms with Crippen molar-refractivity contribution in [3.8, 4) is 0 Å². The molecule has 0 radical (unpaired) electrons. The van der Waals surface area contributed by atoms with Crippen LogP contribution in [0.5, 0.6) is 0 Å². The van der Waals surface area contributed by atoms with Crippen molar-refractivity contribution in [2.45, 2.75) is 32.1 Å². The number of benzene rings is 1. The summed E-state index contributed by atoms with van der Waals surface area (Å²) < 4.78 is 0. The molecule has 2 unspecified atom stereocenters. The van der Waals surface area contributed by atoms with Crippen molar-refractivity contribution in [1.29, 1.82) is 0 Å². The molecule has 3 rings (SSSR count). The minimum absolute atomic E-state index is 0.248. The average molecular weight is 255 g/mol. The summed E-state index contributed by atoms with van der Waals surface area (Å²) in [5.41, 5.74) is 1.92. The largest absolute Gasteiger partial charge is 0.382 e. The molecule has 1 aliphatic heterocycles. The topological polar surface area (TPSA) is 29.1 Å². The van der Waals surface area contributed by atoms with E-state index in [0.717, 1.165) is 30.6 Å². The van der Waals surface area contributed by atoms with Gasteiger partial charge in [0.25, 0.3) is 0 Å². The number of ketones is 1. The van der Waals surface area contributed by atoms with Crippen LogP contribution in [0.2, 0.25) is 0 Å². The summed E-state index contributed by atoms with van der Waals surface area (Å²) >= 11 is 0. The third-order valence-corrected chi connectivity index (χ3v) is 4.36. The predicted octanol–water partition coefficient (Wildman–Crippen LogP) is 3.40. The lowest BCUT2D eigenvalue weighted by atomic mass is 9.90. The standard InChI is InChI=1S/C17H21NO/c19-17-15-9-5-4-8-14(10-15)12-18-16(17)11-13-6-2-1-3-7-13/h1-3,6-7,11,14-15,18H,4-5,8-10,12H2. The van der Waals surface area contributed by atoms with Gasteiger partial charge in [0.1, 0.15) is 0 Å². The summed E-state index contributed by atoms with van der Waals surface area (Å²) in [4.78, 5) is 12.6. The summed E-state index contributed by atoms with van der Waals surface area (Å²) in [7, 11) is 0. The highest BCUT2D eigenvalue weighted by Crippen LogP contribution is 2.32. The Morgan fingerprint density at radius 1 is 1.11 bits per heavy atom. The Morgan fingerprint density at radius 2 is 1.89 bits per heavy atom. The maximum absolute atomic E-state index is 12.6. The van der Waals surface area contributed by atoms with E-state index >= 15 is 0 Å². The molecule has 19 heavy (non-hydrogen) atoms. The summed E-state index contributed by atoms with van der Waals surface area (Å²) in [5, 5.41) is 3.39. The minimum atomic E-state index is 0.248. The fourth-order valence-electron chi connectivity index (χ4n) is 3.28. The number of carbonyl (C=O) groups excluding carboxylic acids is 1. The highest BCUT2D eigenvalue weighted by atomic mass is 16.1. The molecule has 2 aliphatic rings. The number of hydrogen-bond acceptors (Lipinski definition) is 2. The molecule has 0 spiro atoms. The third-order valence-electron chi connectivity index (χ3n) is 4.36. The van der Waals surface area contributed by atoms with Crippen LogP contribution in [0.1, 0.15) is 37.7 Å². The summed E-state index contributed by atoms with van der Waals surface area (Å²) in [6.07, 6.45) is 7.94. The first kappa shape index (κ1) is 12.5. The summed E-state index contributed by atoms with van der Waals surface area (Å²) in [6, 6.07) is 10.1. The lowest BCUT2D eigenvalue weighted by molar-refractivity contribution is -0.119. The Bertz CT molecular complexity index is 477. The molecule has 2 heteroatoms. The van der Waals surface area contributed by atoms with Gasteiger partial charge in [0.15, 0.2) is 5.78 Å². The van der Waals surface area contributed by atoms with Crippen LogP contribution in [0.25, 0.3) is 6.08 Å². The van der Waals surface area contributed by atoms with Crippen LogP contribution in [0.4, 0.5) is 0 Å². The lowest BCUT2D eigenvalue weighted by Gasteiger charge is -2.12. The van der Waals surface area contributed by atoms with Crippen molar-refractivity contribution in [2.24, 2.45) is 11.8 Å². The van der Waals surface area contributed by atoms with Crippen molar-refractivity contribution >= 4 is 11.9 Å². The van der Waals surface area contributed by atoms with E-state index in [-0.39, 0.29) is 5.92 Å². The molecule has 1 heterocycles. The lowest BCUT2D eigenvalue weighted by Crippen LogP contribution is -2.23. The quantitative estimate of drug-likeness (QED) is 0.779. The van der Waals surface area contributed by atoms with Crippen LogP contribution >= 0.6 is 0 Å². The predicted molar refractivity (Wildman–Crippen MR) is 77.5 cm³/mol. The zero-order valence-electron chi connectivity index (χ0n) is 11.3. The molecule has 1 N–H and O–H groups in total. The van der Waals surface area contributed by atoms with Crippen LogP contribution in [-0.2, 0) is 4.79 Å². The number of rotatable bonds is 1. The van der Waals surface area contributed by atoms with Crippen LogP contribution < -0.4 is 5.32 Å². The van der Waals surface area contributed by atoms with E-state index in [1.807, 2.05) is 36.4 Å². The van der Waals surface area contributed by atoms with Crippen LogP contribution in [0, 0.1) is 11.8 Å². The molecular weight excluding hydrogens is 234 g/mol. The second kappa shape index (κ2) is 5.60. The first-order chi connectivity index (χ1) is 9.33. The molecule has 1 aliphatic carbocycles. The summed E-state index contributed by atoms with van der Waals surface area (Å²) in [5.74, 6) is 1.25. The second-order valence-corrected chi connectivity index (χ2v) is 5.80. The number of hydrogen-bond donors (Lipinski definition) is 1. The van der Waals surface area contributed by atoms with Gasteiger partial charge in [-0.25, -0.2) is 0 Å². The van der Waals surface area contributed by atoms with Crippen LogP contribution in [-0.4, -0.2) is 12.3 Å². The Labute approximate surface area is 114 Å². The maximum atomic E-state index is 12.6. The Hall–Kier alpha value is -1.57. The van der Waals surface area contributed by atoms with Gasteiger partial charge in [0.2, 0.25) is 0 Å². The van der Waals surface area contributed by atoms with Gasteiger partial charge in [0, 0.05) is 12.5 Å². The van der Waals surface area contributed by atoms with Gasteiger partial charge in [-0.15, -0.1) is 0 Å².